The molecule has 0 spiro atoms. The van der Waals surface area contributed by atoms with Crippen molar-refractivity contribution in [1.82, 2.24) is 0 Å². The highest BCUT2D eigenvalue weighted by Gasteiger charge is 2.57. The zero-order valence-corrected chi connectivity index (χ0v) is 23.7. The number of phenols is 1. The Kier molecular flexibility index (Phi) is 8.31. The average molecular weight is 543 g/mol. The summed E-state index contributed by atoms with van der Waals surface area (Å²) in [6.45, 7) is 6.28. The number of allylic oxidation sites excluding steroid dienone is 1. The summed E-state index contributed by atoms with van der Waals surface area (Å²) in [7, 11) is 0.631. The number of fused-ring (bicyclic) bond motifs is 3. The molecule has 210 valence electrons. The lowest BCUT2D eigenvalue weighted by molar-refractivity contribution is -0.122. The van der Waals surface area contributed by atoms with Crippen LogP contribution in [0.2, 0.25) is 6.32 Å². The van der Waals surface area contributed by atoms with E-state index in [4.69, 9.17) is 9.39 Å². The molecule has 5 rings (SSSR count). The van der Waals surface area contributed by atoms with Crippen LogP contribution in [-0.4, -0.2) is 48.9 Å². The number of amides is 2. The molecule has 0 unspecified atom stereocenters. The van der Waals surface area contributed by atoms with Gasteiger partial charge in [-0.1, -0.05) is 36.8 Å². The summed E-state index contributed by atoms with van der Waals surface area (Å²) < 4.78 is 11.7. The predicted molar refractivity (Wildman–Crippen MR) is 156 cm³/mol. The van der Waals surface area contributed by atoms with Gasteiger partial charge in [-0.05, 0) is 104 Å². The fraction of sp³-hybridized carbons (Fsp3) is 0.438. The molecule has 2 aromatic carbocycles. The lowest BCUT2D eigenvalue weighted by Crippen LogP contribution is -2.46. The van der Waals surface area contributed by atoms with Gasteiger partial charge in [0.2, 0.25) is 11.8 Å². The van der Waals surface area contributed by atoms with Crippen LogP contribution in [0.15, 0.2) is 59.2 Å². The molecule has 2 heterocycles. The van der Waals surface area contributed by atoms with Crippen LogP contribution in [0.4, 0.5) is 5.69 Å². The number of carbonyl (C=O) groups excluding carboxylic acids is 2. The molecule has 1 aliphatic carbocycles. The number of aromatic hydroxyl groups is 1. The Bertz CT molecular complexity index is 1330. The standard InChI is InChI=1S/C32H38BNO6/c1-5-21(15-22-13-19(2)30(35)20(3)14-22)11-12-27-28-23(18-39-4)16-25-29(26(28)17-33(38)40-27)32(37)34(31(25)36)24-9-7-6-8-10-24/h6-10,13-15,25-27,29,35,38H,5,11-12,16-18H2,1-4H3/b21-15+/t25-,26+,27-,29-/m1/s1. The largest absolute Gasteiger partial charge is 0.507 e. The molecule has 2 N–H and O–H groups in total. The van der Waals surface area contributed by atoms with Gasteiger partial charge >= 0.3 is 7.12 Å². The summed E-state index contributed by atoms with van der Waals surface area (Å²) >= 11 is 0. The van der Waals surface area contributed by atoms with E-state index >= 15 is 0 Å². The molecule has 2 saturated heterocycles. The molecule has 2 fully saturated rings. The van der Waals surface area contributed by atoms with E-state index in [1.807, 2.05) is 44.2 Å². The van der Waals surface area contributed by atoms with Crippen LogP contribution < -0.4 is 4.90 Å². The molecule has 3 aliphatic rings. The summed E-state index contributed by atoms with van der Waals surface area (Å²) in [6, 6.07) is 13.1. The number of hydrogen-bond donors (Lipinski definition) is 2. The highest BCUT2D eigenvalue weighted by Crippen LogP contribution is 2.51. The molecular weight excluding hydrogens is 505 g/mol. The molecule has 2 aliphatic heterocycles. The average Bonchev–Trinajstić information content (AvgIpc) is 3.19. The Morgan fingerprint density at radius 1 is 1.12 bits per heavy atom. The van der Waals surface area contributed by atoms with Crippen molar-refractivity contribution in [3.8, 4) is 5.75 Å². The molecule has 7 nitrogen and oxygen atoms in total. The van der Waals surface area contributed by atoms with Crippen molar-refractivity contribution in [2.75, 3.05) is 18.6 Å². The van der Waals surface area contributed by atoms with Crippen LogP contribution >= 0.6 is 0 Å². The monoisotopic (exact) mass is 543 g/mol. The van der Waals surface area contributed by atoms with Crippen molar-refractivity contribution in [2.24, 2.45) is 17.8 Å². The van der Waals surface area contributed by atoms with Crippen molar-refractivity contribution in [1.29, 1.82) is 0 Å². The summed E-state index contributed by atoms with van der Waals surface area (Å²) in [5.74, 6) is -1.32. The van der Waals surface area contributed by atoms with Crippen LogP contribution in [0.1, 0.15) is 49.3 Å². The van der Waals surface area contributed by atoms with Gasteiger partial charge in [0.25, 0.3) is 0 Å². The number of para-hydroxylation sites is 1. The molecule has 8 heteroatoms. The Morgan fingerprint density at radius 3 is 2.48 bits per heavy atom. The first kappa shape index (κ1) is 28.3. The molecule has 2 aromatic rings. The number of aryl methyl sites for hydroxylation is 2. The molecule has 4 atom stereocenters. The molecule has 0 aromatic heterocycles. The van der Waals surface area contributed by atoms with Gasteiger partial charge in [-0.25, -0.2) is 0 Å². The molecule has 0 bridgehead atoms. The number of carbonyl (C=O) groups is 2. The highest BCUT2D eigenvalue weighted by molar-refractivity contribution is 6.43. The van der Waals surface area contributed by atoms with E-state index in [0.717, 1.165) is 40.7 Å². The lowest BCUT2D eigenvalue weighted by atomic mass is 9.58. The molecule has 0 saturated carbocycles. The third-order valence-corrected chi connectivity index (χ3v) is 8.71. The molecular formula is C32H38BNO6. The van der Waals surface area contributed by atoms with Gasteiger partial charge in [0.05, 0.1) is 30.2 Å². The Hall–Kier alpha value is -3.20. The second kappa shape index (κ2) is 11.7. The maximum atomic E-state index is 13.8. The predicted octanol–water partition coefficient (Wildman–Crippen LogP) is 5.23. The minimum absolute atomic E-state index is 0.179. The first-order chi connectivity index (χ1) is 19.2. The topological polar surface area (TPSA) is 96.3 Å². The van der Waals surface area contributed by atoms with E-state index in [1.165, 1.54) is 10.5 Å². The number of imide groups is 1. The Labute approximate surface area is 236 Å². The van der Waals surface area contributed by atoms with Gasteiger partial charge in [-0.2, -0.15) is 0 Å². The quantitative estimate of drug-likeness (QED) is 0.269. The van der Waals surface area contributed by atoms with Gasteiger partial charge in [0.15, 0.2) is 0 Å². The Balaban J connectivity index is 1.43. The molecule has 40 heavy (non-hydrogen) atoms. The second-order valence-corrected chi connectivity index (χ2v) is 11.3. The fourth-order valence-electron chi connectivity index (χ4n) is 6.88. The Morgan fingerprint density at radius 2 is 1.82 bits per heavy atom. The van der Waals surface area contributed by atoms with E-state index in [0.29, 0.717) is 30.9 Å². The van der Waals surface area contributed by atoms with Crippen molar-refractivity contribution in [3.05, 3.63) is 75.9 Å². The number of hydrogen-bond acceptors (Lipinski definition) is 6. The SMILES string of the molecule is CC/C(=C\c1cc(C)c(O)c(C)c1)CC[C@H]1OB(O)C[C@H]2C1=C(COC)C[C@H]1C(=O)N(c3ccccc3)C(=O)[C@H]12. The third-order valence-electron chi connectivity index (χ3n) is 8.71. The highest BCUT2D eigenvalue weighted by atomic mass is 16.5. The van der Waals surface area contributed by atoms with Crippen molar-refractivity contribution in [2.45, 2.75) is 58.9 Å². The van der Waals surface area contributed by atoms with E-state index in [1.54, 1.807) is 19.2 Å². The van der Waals surface area contributed by atoms with E-state index in [-0.39, 0.29) is 30.2 Å². The summed E-state index contributed by atoms with van der Waals surface area (Å²) in [5.41, 5.74) is 6.58. The maximum Gasteiger partial charge on any atom is 0.455 e. The first-order valence-electron chi connectivity index (χ1n) is 14.2. The van der Waals surface area contributed by atoms with Crippen LogP contribution in [0, 0.1) is 31.6 Å². The number of benzene rings is 2. The number of anilines is 1. The van der Waals surface area contributed by atoms with Crippen LogP contribution in [0.5, 0.6) is 5.75 Å². The maximum absolute atomic E-state index is 13.8. The zero-order chi connectivity index (χ0) is 28.6. The van der Waals surface area contributed by atoms with Crippen molar-refractivity contribution < 1.29 is 29.1 Å². The molecule has 2 amide bonds. The van der Waals surface area contributed by atoms with Gasteiger partial charge < -0.3 is 19.5 Å². The minimum atomic E-state index is -1.01. The normalized spacial score (nSPS) is 25.0. The summed E-state index contributed by atoms with van der Waals surface area (Å²) in [6.07, 6.45) is 4.78. The van der Waals surface area contributed by atoms with Gasteiger partial charge in [-0.15, -0.1) is 0 Å². The van der Waals surface area contributed by atoms with E-state index in [9.17, 15) is 19.7 Å². The first-order valence-corrected chi connectivity index (χ1v) is 14.2. The van der Waals surface area contributed by atoms with Gasteiger partial charge in [0, 0.05) is 7.11 Å². The van der Waals surface area contributed by atoms with Crippen LogP contribution in [0.3, 0.4) is 0 Å². The second-order valence-electron chi connectivity index (χ2n) is 11.3. The number of nitrogens with zero attached hydrogens (tertiary/aromatic N) is 1. The van der Waals surface area contributed by atoms with Gasteiger partial charge in [0.1, 0.15) is 5.75 Å². The summed E-state index contributed by atoms with van der Waals surface area (Å²) in [5, 5.41) is 21.0. The van der Waals surface area contributed by atoms with Crippen molar-refractivity contribution in [3.63, 3.8) is 0 Å². The smallest absolute Gasteiger partial charge is 0.455 e. The van der Waals surface area contributed by atoms with E-state index in [2.05, 4.69) is 13.0 Å². The fourth-order valence-corrected chi connectivity index (χ4v) is 6.88. The third kappa shape index (κ3) is 5.28. The van der Waals surface area contributed by atoms with Gasteiger partial charge in [-0.3, -0.25) is 14.5 Å². The number of ether oxygens (including phenoxy) is 1. The van der Waals surface area contributed by atoms with E-state index < -0.39 is 19.0 Å². The van der Waals surface area contributed by atoms with Crippen LogP contribution in [0.25, 0.3) is 6.08 Å². The number of rotatable bonds is 8. The lowest BCUT2D eigenvalue weighted by Gasteiger charge is -2.43. The number of phenolic OH excluding ortho intramolecular Hbond substituents is 1. The number of methoxy groups -OCH3 is 1. The summed E-state index contributed by atoms with van der Waals surface area (Å²) in [4.78, 5) is 28.7. The van der Waals surface area contributed by atoms with Crippen LogP contribution in [-0.2, 0) is 19.0 Å². The minimum Gasteiger partial charge on any atom is -0.507 e. The van der Waals surface area contributed by atoms with Crippen molar-refractivity contribution >= 4 is 30.7 Å². The zero-order valence-electron chi connectivity index (χ0n) is 23.7. The molecule has 0 radical (unpaired) electrons.